The van der Waals surface area contributed by atoms with Crippen LogP contribution in [-0.4, -0.2) is 46.9 Å². The summed E-state index contributed by atoms with van der Waals surface area (Å²) in [5, 5.41) is 29.3. The summed E-state index contributed by atoms with van der Waals surface area (Å²) in [6.45, 7) is 0.165. The van der Waals surface area contributed by atoms with E-state index < -0.39 is 24.6 Å². The summed E-state index contributed by atoms with van der Waals surface area (Å²) >= 11 is 0. The second kappa shape index (κ2) is 11.5. The highest BCUT2D eigenvalue weighted by molar-refractivity contribution is 6.43. The molecule has 0 radical (unpaired) electrons. The standard InChI is InChI=1S/C30H29BN2O5/c34-29(32-28(31(35)36)17-22-9-3-1-4-10-22)30(19-23-11-5-2-6-12-23)20-26(33-38-30)21-37-27-16-15-24-13-7-8-14-25(24)18-27/h1-16,18,28,35-36H,17,19-21H2,(H,32,34)/t28-,30?/m0/s1. The average molecular weight is 508 g/mol. The molecule has 1 aliphatic heterocycles. The molecular formula is C30H29BN2O5. The van der Waals surface area contributed by atoms with Gasteiger partial charge in [-0.25, -0.2) is 0 Å². The van der Waals surface area contributed by atoms with Gasteiger partial charge in [-0.15, -0.1) is 0 Å². The number of rotatable bonds is 10. The average Bonchev–Trinajstić information content (AvgIpc) is 3.36. The van der Waals surface area contributed by atoms with Crippen LogP contribution in [0.15, 0.2) is 108 Å². The topological polar surface area (TPSA) is 100 Å². The third-order valence-electron chi connectivity index (χ3n) is 6.69. The molecule has 1 unspecified atom stereocenters. The van der Waals surface area contributed by atoms with Crippen LogP contribution in [0.3, 0.4) is 0 Å². The van der Waals surface area contributed by atoms with Crippen LogP contribution in [0, 0.1) is 0 Å². The number of ether oxygens (including phenoxy) is 1. The second-order valence-electron chi connectivity index (χ2n) is 9.56. The number of hydrogen-bond acceptors (Lipinski definition) is 6. The number of carbonyl (C=O) groups excluding carboxylic acids is 1. The lowest BCUT2D eigenvalue weighted by atomic mass is 9.75. The summed E-state index contributed by atoms with van der Waals surface area (Å²) in [5.74, 6) is -0.679. The highest BCUT2D eigenvalue weighted by atomic mass is 16.7. The van der Waals surface area contributed by atoms with Crippen LogP contribution in [0.5, 0.6) is 5.75 Å². The molecule has 1 aliphatic rings. The fourth-order valence-electron chi connectivity index (χ4n) is 4.67. The van der Waals surface area contributed by atoms with Gasteiger partial charge in [0.05, 0.1) is 11.7 Å². The number of benzene rings is 4. The van der Waals surface area contributed by atoms with Gasteiger partial charge < -0.3 is 24.9 Å². The van der Waals surface area contributed by atoms with Crippen molar-refractivity contribution in [2.45, 2.75) is 30.8 Å². The molecule has 192 valence electrons. The van der Waals surface area contributed by atoms with E-state index in [-0.39, 0.29) is 25.9 Å². The maximum Gasteiger partial charge on any atom is 0.475 e. The van der Waals surface area contributed by atoms with E-state index in [1.165, 1.54) is 0 Å². The van der Waals surface area contributed by atoms with Crippen LogP contribution >= 0.6 is 0 Å². The predicted octanol–water partition coefficient (Wildman–Crippen LogP) is 3.72. The number of hydrogen-bond donors (Lipinski definition) is 3. The van der Waals surface area contributed by atoms with Gasteiger partial charge in [0.15, 0.2) is 0 Å². The third-order valence-corrected chi connectivity index (χ3v) is 6.69. The first kappa shape index (κ1) is 25.5. The van der Waals surface area contributed by atoms with Crippen LogP contribution in [-0.2, 0) is 22.5 Å². The van der Waals surface area contributed by atoms with Gasteiger partial charge in [-0.1, -0.05) is 96.2 Å². The van der Waals surface area contributed by atoms with E-state index in [0.717, 1.165) is 21.9 Å². The fraction of sp³-hybridized carbons (Fsp3) is 0.200. The Bertz CT molecular complexity index is 1410. The molecule has 0 bridgehead atoms. The highest BCUT2D eigenvalue weighted by Gasteiger charge is 2.48. The van der Waals surface area contributed by atoms with Crippen molar-refractivity contribution in [3.05, 3.63) is 114 Å². The number of nitrogens with one attached hydrogen (secondary N) is 1. The monoisotopic (exact) mass is 508 g/mol. The number of fused-ring (bicyclic) bond motifs is 1. The van der Waals surface area contributed by atoms with E-state index in [1.807, 2.05) is 103 Å². The Labute approximate surface area is 221 Å². The van der Waals surface area contributed by atoms with E-state index in [9.17, 15) is 14.8 Å². The van der Waals surface area contributed by atoms with Crippen LogP contribution in [0.2, 0.25) is 0 Å². The first-order valence-corrected chi connectivity index (χ1v) is 12.6. The van der Waals surface area contributed by atoms with E-state index in [1.54, 1.807) is 0 Å². The molecule has 1 heterocycles. The number of amides is 1. The van der Waals surface area contributed by atoms with Crippen LogP contribution in [0.25, 0.3) is 10.8 Å². The molecule has 3 N–H and O–H groups in total. The van der Waals surface area contributed by atoms with Gasteiger partial charge in [-0.2, -0.15) is 0 Å². The summed E-state index contributed by atoms with van der Waals surface area (Å²) < 4.78 is 6.00. The maximum absolute atomic E-state index is 13.7. The molecule has 0 saturated heterocycles. The van der Waals surface area contributed by atoms with Crippen molar-refractivity contribution in [1.29, 1.82) is 0 Å². The van der Waals surface area contributed by atoms with Gasteiger partial charge in [0, 0.05) is 12.8 Å². The van der Waals surface area contributed by atoms with Crippen molar-refractivity contribution in [1.82, 2.24) is 5.32 Å². The van der Waals surface area contributed by atoms with E-state index in [2.05, 4.69) is 10.5 Å². The molecule has 0 fully saturated rings. The minimum absolute atomic E-state index is 0.165. The zero-order valence-corrected chi connectivity index (χ0v) is 20.9. The van der Waals surface area contributed by atoms with Crippen LogP contribution in [0.4, 0.5) is 0 Å². The van der Waals surface area contributed by atoms with Gasteiger partial charge in [0.2, 0.25) is 5.60 Å². The Morgan fingerprint density at radius 2 is 1.58 bits per heavy atom. The minimum atomic E-state index is -1.74. The molecule has 0 saturated carbocycles. The molecule has 7 nitrogen and oxygen atoms in total. The van der Waals surface area contributed by atoms with Crippen molar-refractivity contribution in [2.24, 2.45) is 5.16 Å². The van der Waals surface area contributed by atoms with Crippen molar-refractivity contribution < 1.29 is 24.4 Å². The lowest BCUT2D eigenvalue weighted by Gasteiger charge is -2.28. The second-order valence-corrected chi connectivity index (χ2v) is 9.56. The summed E-state index contributed by atoms with van der Waals surface area (Å²) in [5.41, 5.74) is 1.02. The van der Waals surface area contributed by atoms with Gasteiger partial charge in [-0.05, 0) is 40.5 Å². The Morgan fingerprint density at radius 3 is 2.29 bits per heavy atom. The molecule has 38 heavy (non-hydrogen) atoms. The van der Waals surface area contributed by atoms with Crippen LogP contribution < -0.4 is 10.1 Å². The fourth-order valence-corrected chi connectivity index (χ4v) is 4.67. The number of oxime groups is 1. The lowest BCUT2D eigenvalue weighted by Crippen LogP contribution is -2.56. The number of nitrogens with zero attached hydrogens (tertiary/aromatic N) is 1. The molecule has 1 amide bonds. The summed E-state index contributed by atoms with van der Waals surface area (Å²) in [6.07, 6.45) is 0.730. The van der Waals surface area contributed by atoms with Crippen LogP contribution in [0.1, 0.15) is 17.5 Å². The molecular weight excluding hydrogens is 479 g/mol. The summed E-state index contributed by atoms with van der Waals surface area (Å²) in [6, 6.07) is 32.8. The van der Waals surface area contributed by atoms with Gasteiger partial charge in [0.25, 0.3) is 5.91 Å². The zero-order chi connectivity index (χ0) is 26.4. The summed E-state index contributed by atoms with van der Waals surface area (Å²) in [4.78, 5) is 19.5. The van der Waals surface area contributed by atoms with Crippen molar-refractivity contribution in [3.8, 4) is 5.75 Å². The molecule has 5 rings (SSSR count). The molecule has 4 aromatic rings. The first-order valence-electron chi connectivity index (χ1n) is 12.6. The molecule has 8 heteroatoms. The SMILES string of the molecule is O=C(N[C@@H](Cc1ccccc1)B(O)O)C1(Cc2ccccc2)CC(COc2ccc3ccccc3c2)=NO1. The number of carbonyl (C=O) groups is 1. The largest absolute Gasteiger partial charge is 0.487 e. The third kappa shape index (κ3) is 6.04. The Balaban J connectivity index is 1.31. The molecule has 0 aliphatic carbocycles. The van der Waals surface area contributed by atoms with Crippen molar-refractivity contribution in [2.75, 3.05) is 6.61 Å². The van der Waals surface area contributed by atoms with E-state index in [4.69, 9.17) is 9.57 Å². The first-order chi connectivity index (χ1) is 18.5. The van der Waals surface area contributed by atoms with Gasteiger partial charge >= 0.3 is 7.12 Å². The van der Waals surface area contributed by atoms with E-state index >= 15 is 0 Å². The quantitative estimate of drug-likeness (QED) is 0.284. The van der Waals surface area contributed by atoms with Gasteiger partial charge in [0.1, 0.15) is 12.4 Å². The molecule has 4 aromatic carbocycles. The lowest BCUT2D eigenvalue weighted by molar-refractivity contribution is -0.144. The summed E-state index contributed by atoms with van der Waals surface area (Å²) in [7, 11) is -1.74. The Morgan fingerprint density at radius 1 is 0.921 bits per heavy atom. The smallest absolute Gasteiger partial charge is 0.475 e. The highest BCUT2D eigenvalue weighted by Crippen LogP contribution is 2.30. The maximum atomic E-state index is 13.7. The zero-order valence-electron chi connectivity index (χ0n) is 20.9. The van der Waals surface area contributed by atoms with E-state index in [0.29, 0.717) is 11.5 Å². The Hall–Kier alpha value is -4.14. The van der Waals surface area contributed by atoms with Gasteiger partial charge in [-0.3, -0.25) is 4.79 Å². The van der Waals surface area contributed by atoms with Crippen molar-refractivity contribution >= 4 is 29.5 Å². The predicted molar refractivity (Wildman–Crippen MR) is 148 cm³/mol. The molecule has 2 atom stereocenters. The molecule has 0 aromatic heterocycles. The van der Waals surface area contributed by atoms with Crippen molar-refractivity contribution in [3.63, 3.8) is 0 Å². The normalized spacial score (nSPS) is 17.4. The molecule has 0 spiro atoms. The Kier molecular flexibility index (Phi) is 7.72. The minimum Gasteiger partial charge on any atom is -0.487 e.